The van der Waals surface area contributed by atoms with E-state index in [4.69, 9.17) is 9.47 Å². The van der Waals surface area contributed by atoms with E-state index in [1.54, 1.807) is 0 Å². The summed E-state index contributed by atoms with van der Waals surface area (Å²) in [5.41, 5.74) is 2.54. The summed E-state index contributed by atoms with van der Waals surface area (Å²) in [6.07, 6.45) is 1.05. The Kier molecular flexibility index (Phi) is 5.33. The van der Waals surface area contributed by atoms with E-state index in [2.05, 4.69) is 10.6 Å². The van der Waals surface area contributed by atoms with Gasteiger partial charge in [0.05, 0.1) is 13.2 Å². The highest BCUT2D eigenvalue weighted by atomic mass is 16.5. The summed E-state index contributed by atoms with van der Waals surface area (Å²) in [5.74, 6) is 1.27. The Morgan fingerprint density at radius 1 is 1.17 bits per heavy atom. The van der Waals surface area contributed by atoms with Crippen molar-refractivity contribution in [2.75, 3.05) is 30.5 Å². The largest absolute Gasteiger partial charge is 0.493 e. The molecule has 5 nitrogen and oxygen atoms in total. The van der Waals surface area contributed by atoms with Crippen molar-refractivity contribution in [3.8, 4) is 5.75 Å². The van der Waals surface area contributed by atoms with Gasteiger partial charge in [-0.2, -0.15) is 0 Å². The molecule has 1 aliphatic rings. The molecule has 1 atom stereocenters. The number of carbonyl (C=O) groups excluding carboxylic acids is 1. The summed E-state index contributed by atoms with van der Waals surface area (Å²) in [5, 5.41) is 5.66. The first-order chi connectivity index (χ1) is 11.7. The average Bonchev–Trinajstić information content (AvgIpc) is 3.10. The summed E-state index contributed by atoms with van der Waals surface area (Å²) < 4.78 is 11.1. The lowest BCUT2D eigenvalue weighted by Gasteiger charge is -2.12. The van der Waals surface area contributed by atoms with E-state index in [9.17, 15) is 4.79 Å². The highest BCUT2D eigenvalue weighted by Gasteiger charge is 2.16. The zero-order chi connectivity index (χ0) is 16.8. The molecule has 2 aromatic carbocycles. The maximum absolute atomic E-state index is 12.1. The second-order valence-corrected chi connectivity index (χ2v) is 5.96. The van der Waals surface area contributed by atoms with Crippen LogP contribution in [0.15, 0.2) is 48.5 Å². The van der Waals surface area contributed by atoms with Crippen LogP contribution in [0.3, 0.4) is 0 Å². The molecular weight excluding hydrogens is 304 g/mol. The van der Waals surface area contributed by atoms with Crippen LogP contribution in [0, 0.1) is 12.8 Å². The Balaban J connectivity index is 1.50. The number of amides is 2. The topological polar surface area (TPSA) is 59.6 Å². The number of para-hydroxylation sites is 1. The number of carbonyl (C=O) groups is 1. The third-order valence-corrected chi connectivity index (χ3v) is 4.02. The van der Waals surface area contributed by atoms with E-state index in [1.165, 1.54) is 0 Å². The third-order valence-electron chi connectivity index (χ3n) is 4.02. The van der Waals surface area contributed by atoms with Crippen molar-refractivity contribution < 1.29 is 14.3 Å². The number of nitrogens with one attached hydrogen (secondary N) is 2. The molecular formula is C19H22N2O3. The third kappa shape index (κ3) is 4.49. The van der Waals surface area contributed by atoms with Crippen molar-refractivity contribution >= 4 is 17.4 Å². The van der Waals surface area contributed by atoms with Gasteiger partial charge in [-0.05, 0) is 49.2 Å². The van der Waals surface area contributed by atoms with Gasteiger partial charge in [-0.1, -0.05) is 18.2 Å². The Bertz CT molecular complexity index is 679. The first-order valence-electron chi connectivity index (χ1n) is 8.15. The van der Waals surface area contributed by atoms with Crippen LogP contribution in [-0.2, 0) is 4.74 Å². The molecule has 1 unspecified atom stereocenters. The predicted octanol–water partition coefficient (Wildman–Crippen LogP) is 4.05. The molecule has 0 saturated carbocycles. The second kappa shape index (κ2) is 7.84. The van der Waals surface area contributed by atoms with Crippen LogP contribution >= 0.6 is 0 Å². The molecule has 2 N–H and O–H groups in total. The molecule has 24 heavy (non-hydrogen) atoms. The fraction of sp³-hybridized carbons (Fsp3) is 0.316. The summed E-state index contributed by atoms with van der Waals surface area (Å²) >= 11 is 0. The molecule has 0 aromatic heterocycles. The summed E-state index contributed by atoms with van der Waals surface area (Å²) in [4.78, 5) is 12.1. The first-order valence-corrected chi connectivity index (χ1v) is 8.15. The standard InChI is InChI=1S/C19H22N2O3/c1-14-4-2-3-5-18(14)21-19(22)20-16-6-8-17(9-7-16)24-13-15-10-11-23-12-15/h2-9,15H,10-13H2,1H3,(H2,20,21,22). The van der Waals surface area contributed by atoms with Crippen LogP contribution in [-0.4, -0.2) is 25.9 Å². The number of aryl methyl sites for hydroxylation is 1. The zero-order valence-electron chi connectivity index (χ0n) is 13.7. The van der Waals surface area contributed by atoms with Gasteiger partial charge in [0, 0.05) is 23.9 Å². The van der Waals surface area contributed by atoms with Crippen LogP contribution < -0.4 is 15.4 Å². The molecule has 1 heterocycles. The number of hydrogen-bond acceptors (Lipinski definition) is 3. The van der Waals surface area contributed by atoms with Crippen molar-refractivity contribution in [2.45, 2.75) is 13.3 Å². The maximum atomic E-state index is 12.1. The van der Waals surface area contributed by atoms with Gasteiger partial charge in [-0.15, -0.1) is 0 Å². The van der Waals surface area contributed by atoms with Crippen LogP contribution in [0.25, 0.3) is 0 Å². The highest BCUT2D eigenvalue weighted by Crippen LogP contribution is 2.19. The molecule has 3 rings (SSSR count). The lowest BCUT2D eigenvalue weighted by molar-refractivity contribution is 0.167. The summed E-state index contributed by atoms with van der Waals surface area (Å²) in [7, 11) is 0. The van der Waals surface area contributed by atoms with Crippen molar-refractivity contribution in [1.82, 2.24) is 0 Å². The van der Waals surface area contributed by atoms with Crippen molar-refractivity contribution in [3.63, 3.8) is 0 Å². The van der Waals surface area contributed by atoms with Crippen molar-refractivity contribution in [2.24, 2.45) is 5.92 Å². The Morgan fingerprint density at radius 2 is 1.96 bits per heavy atom. The van der Waals surface area contributed by atoms with Gasteiger partial charge >= 0.3 is 6.03 Å². The molecule has 0 spiro atoms. The van der Waals surface area contributed by atoms with E-state index in [0.717, 1.165) is 42.3 Å². The minimum absolute atomic E-state index is 0.263. The average molecular weight is 326 g/mol. The minimum Gasteiger partial charge on any atom is -0.493 e. The van der Waals surface area contributed by atoms with Crippen LogP contribution in [0.4, 0.5) is 16.2 Å². The predicted molar refractivity (Wildman–Crippen MR) is 94.7 cm³/mol. The molecule has 1 fully saturated rings. The van der Waals surface area contributed by atoms with E-state index in [0.29, 0.717) is 12.5 Å². The monoisotopic (exact) mass is 326 g/mol. The lowest BCUT2D eigenvalue weighted by atomic mass is 10.1. The SMILES string of the molecule is Cc1ccccc1NC(=O)Nc1ccc(OCC2CCOC2)cc1. The zero-order valence-corrected chi connectivity index (χ0v) is 13.7. The highest BCUT2D eigenvalue weighted by molar-refractivity contribution is 6.00. The molecule has 1 aliphatic heterocycles. The number of rotatable bonds is 5. The summed E-state index contributed by atoms with van der Waals surface area (Å²) in [6.45, 7) is 4.23. The van der Waals surface area contributed by atoms with Crippen LogP contribution in [0.5, 0.6) is 5.75 Å². The normalized spacial score (nSPS) is 16.6. The van der Waals surface area contributed by atoms with Gasteiger partial charge in [0.2, 0.25) is 0 Å². The van der Waals surface area contributed by atoms with Gasteiger partial charge < -0.3 is 20.1 Å². The second-order valence-electron chi connectivity index (χ2n) is 5.96. The molecule has 126 valence electrons. The van der Waals surface area contributed by atoms with E-state index < -0.39 is 0 Å². The smallest absolute Gasteiger partial charge is 0.323 e. The van der Waals surface area contributed by atoms with Gasteiger partial charge in [-0.25, -0.2) is 4.79 Å². The van der Waals surface area contributed by atoms with E-state index in [1.807, 2.05) is 55.5 Å². The van der Waals surface area contributed by atoms with Crippen LogP contribution in [0.1, 0.15) is 12.0 Å². The number of hydrogen-bond donors (Lipinski definition) is 2. The molecule has 5 heteroatoms. The van der Waals surface area contributed by atoms with Gasteiger partial charge in [0.1, 0.15) is 5.75 Å². The van der Waals surface area contributed by atoms with Crippen molar-refractivity contribution in [3.05, 3.63) is 54.1 Å². The van der Waals surface area contributed by atoms with Gasteiger partial charge in [0.15, 0.2) is 0 Å². The molecule has 0 radical (unpaired) electrons. The Labute approximate surface area is 142 Å². The minimum atomic E-state index is -0.263. The fourth-order valence-corrected chi connectivity index (χ4v) is 2.56. The fourth-order valence-electron chi connectivity index (χ4n) is 2.56. The molecule has 0 aliphatic carbocycles. The van der Waals surface area contributed by atoms with Gasteiger partial charge in [-0.3, -0.25) is 0 Å². The molecule has 2 aromatic rings. The number of anilines is 2. The number of urea groups is 1. The Morgan fingerprint density at radius 3 is 2.67 bits per heavy atom. The molecule has 2 amide bonds. The Hall–Kier alpha value is -2.53. The van der Waals surface area contributed by atoms with Crippen molar-refractivity contribution in [1.29, 1.82) is 0 Å². The lowest BCUT2D eigenvalue weighted by Crippen LogP contribution is -2.19. The molecule has 0 bridgehead atoms. The first kappa shape index (κ1) is 16.3. The van der Waals surface area contributed by atoms with Gasteiger partial charge in [0.25, 0.3) is 0 Å². The maximum Gasteiger partial charge on any atom is 0.323 e. The number of benzene rings is 2. The van der Waals surface area contributed by atoms with E-state index in [-0.39, 0.29) is 6.03 Å². The summed E-state index contributed by atoms with van der Waals surface area (Å²) in [6, 6.07) is 14.8. The quantitative estimate of drug-likeness (QED) is 0.871. The number of ether oxygens (including phenoxy) is 2. The van der Waals surface area contributed by atoms with Crippen LogP contribution in [0.2, 0.25) is 0 Å². The van der Waals surface area contributed by atoms with E-state index >= 15 is 0 Å². The molecule has 1 saturated heterocycles.